The summed E-state index contributed by atoms with van der Waals surface area (Å²) in [4.78, 5) is 37.7. The standard InChI is InChI=1S/C27H36N2O6/c1-18(2)23(29-26(32)34-17-20-10-8-7-9-11-20)24(30)28-22(25(31)33-6)16-19-12-14-21(15-13-19)35-27(3,4)5/h7-15,18,22-23H,16-17H2,1-6H3,(H,28,30)(H,29,32)/t22-,23-/m0/s1. The Hall–Kier alpha value is -3.55. The van der Waals surface area contributed by atoms with E-state index in [1.807, 2.05) is 75.4 Å². The monoisotopic (exact) mass is 484 g/mol. The summed E-state index contributed by atoms with van der Waals surface area (Å²) < 4.78 is 16.0. The first-order chi connectivity index (χ1) is 16.5. The van der Waals surface area contributed by atoms with E-state index >= 15 is 0 Å². The summed E-state index contributed by atoms with van der Waals surface area (Å²) >= 11 is 0. The Bertz CT molecular complexity index is 967. The van der Waals surface area contributed by atoms with Crippen molar-refractivity contribution < 1.29 is 28.6 Å². The minimum Gasteiger partial charge on any atom is -0.488 e. The normalized spacial score (nSPS) is 12.9. The van der Waals surface area contributed by atoms with E-state index in [2.05, 4.69) is 10.6 Å². The molecule has 0 heterocycles. The average Bonchev–Trinajstić information content (AvgIpc) is 2.80. The van der Waals surface area contributed by atoms with Gasteiger partial charge in [-0.3, -0.25) is 4.79 Å². The Morgan fingerprint density at radius 2 is 1.51 bits per heavy atom. The SMILES string of the molecule is COC(=O)[C@H](Cc1ccc(OC(C)(C)C)cc1)NC(=O)[C@@H](NC(=O)OCc1ccccc1)C(C)C. The maximum atomic E-state index is 13.0. The predicted molar refractivity (Wildman–Crippen MR) is 133 cm³/mol. The highest BCUT2D eigenvalue weighted by atomic mass is 16.5. The van der Waals surface area contributed by atoms with E-state index in [4.69, 9.17) is 14.2 Å². The lowest BCUT2D eigenvalue weighted by Gasteiger charge is -2.24. The zero-order valence-electron chi connectivity index (χ0n) is 21.3. The van der Waals surface area contributed by atoms with Gasteiger partial charge >= 0.3 is 12.1 Å². The molecule has 0 bridgehead atoms. The molecule has 2 aromatic carbocycles. The van der Waals surface area contributed by atoms with E-state index in [1.54, 1.807) is 13.8 Å². The van der Waals surface area contributed by atoms with Crippen molar-refractivity contribution >= 4 is 18.0 Å². The summed E-state index contributed by atoms with van der Waals surface area (Å²) in [6.45, 7) is 9.55. The van der Waals surface area contributed by atoms with E-state index < -0.39 is 30.1 Å². The average molecular weight is 485 g/mol. The fourth-order valence-corrected chi connectivity index (χ4v) is 3.31. The molecule has 2 rings (SSSR count). The van der Waals surface area contributed by atoms with E-state index in [9.17, 15) is 14.4 Å². The fraction of sp³-hybridized carbons (Fsp3) is 0.444. The van der Waals surface area contributed by atoms with Crippen molar-refractivity contribution in [3.8, 4) is 5.75 Å². The van der Waals surface area contributed by atoms with Gasteiger partial charge < -0.3 is 24.8 Å². The number of esters is 1. The van der Waals surface area contributed by atoms with Gasteiger partial charge in [0, 0.05) is 6.42 Å². The molecule has 2 amide bonds. The van der Waals surface area contributed by atoms with Gasteiger partial charge in [0.05, 0.1) is 7.11 Å². The van der Waals surface area contributed by atoms with Gasteiger partial charge in [-0.15, -0.1) is 0 Å². The van der Waals surface area contributed by atoms with Crippen LogP contribution in [0.5, 0.6) is 5.75 Å². The quantitative estimate of drug-likeness (QED) is 0.494. The number of hydrogen-bond acceptors (Lipinski definition) is 6. The van der Waals surface area contributed by atoms with Gasteiger partial charge in [-0.2, -0.15) is 0 Å². The Balaban J connectivity index is 2.02. The third-order valence-corrected chi connectivity index (χ3v) is 5.02. The number of nitrogens with one attached hydrogen (secondary N) is 2. The second-order valence-electron chi connectivity index (χ2n) is 9.57. The summed E-state index contributed by atoms with van der Waals surface area (Å²) in [5, 5.41) is 5.31. The molecule has 0 fully saturated rings. The van der Waals surface area contributed by atoms with Crippen LogP contribution < -0.4 is 15.4 Å². The van der Waals surface area contributed by atoms with Crippen LogP contribution in [0.2, 0.25) is 0 Å². The van der Waals surface area contributed by atoms with Crippen LogP contribution in [0.15, 0.2) is 54.6 Å². The molecule has 0 spiro atoms. The summed E-state index contributed by atoms with van der Waals surface area (Å²) in [5.41, 5.74) is 1.32. The molecule has 0 unspecified atom stereocenters. The zero-order chi connectivity index (χ0) is 26.0. The van der Waals surface area contributed by atoms with Crippen molar-refractivity contribution in [3.05, 3.63) is 65.7 Å². The van der Waals surface area contributed by atoms with Crippen molar-refractivity contribution in [2.24, 2.45) is 5.92 Å². The predicted octanol–water partition coefficient (Wildman–Crippen LogP) is 4.02. The Kier molecular flexibility index (Phi) is 10.1. The lowest BCUT2D eigenvalue weighted by molar-refractivity contribution is -0.145. The minimum atomic E-state index is -0.926. The van der Waals surface area contributed by atoms with Crippen molar-refractivity contribution in [1.29, 1.82) is 0 Å². The Morgan fingerprint density at radius 1 is 0.886 bits per heavy atom. The molecule has 0 saturated carbocycles. The second kappa shape index (κ2) is 12.8. The van der Waals surface area contributed by atoms with Gasteiger partial charge in [0.25, 0.3) is 0 Å². The van der Waals surface area contributed by atoms with Crippen molar-refractivity contribution in [3.63, 3.8) is 0 Å². The molecule has 0 aliphatic carbocycles. The first kappa shape index (κ1) is 27.7. The summed E-state index contributed by atoms with van der Waals surface area (Å²) in [7, 11) is 1.26. The second-order valence-corrected chi connectivity index (χ2v) is 9.57. The largest absolute Gasteiger partial charge is 0.488 e. The van der Waals surface area contributed by atoms with Gasteiger partial charge in [-0.05, 0) is 49.9 Å². The number of rotatable bonds is 10. The molecule has 0 aliphatic heterocycles. The molecule has 2 N–H and O–H groups in total. The molecule has 0 aliphatic rings. The zero-order valence-corrected chi connectivity index (χ0v) is 21.3. The van der Waals surface area contributed by atoms with E-state index in [1.165, 1.54) is 7.11 Å². The first-order valence-corrected chi connectivity index (χ1v) is 11.6. The molecule has 190 valence electrons. The van der Waals surface area contributed by atoms with Crippen molar-refractivity contribution in [2.75, 3.05) is 7.11 Å². The van der Waals surface area contributed by atoms with Gasteiger partial charge in [-0.25, -0.2) is 9.59 Å². The number of carbonyl (C=O) groups excluding carboxylic acids is 3. The molecule has 8 nitrogen and oxygen atoms in total. The maximum absolute atomic E-state index is 13.0. The fourth-order valence-electron chi connectivity index (χ4n) is 3.31. The number of hydrogen-bond donors (Lipinski definition) is 2. The molecule has 8 heteroatoms. The number of benzene rings is 2. The van der Waals surface area contributed by atoms with Gasteiger partial charge in [-0.1, -0.05) is 56.3 Å². The van der Waals surface area contributed by atoms with Crippen LogP contribution in [0.4, 0.5) is 4.79 Å². The number of alkyl carbamates (subject to hydrolysis) is 1. The lowest BCUT2D eigenvalue weighted by atomic mass is 10.0. The van der Waals surface area contributed by atoms with E-state index in [-0.39, 0.29) is 24.5 Å². The molecular weight excluding hydrogens is 448 g/mol. The molecule has 0 radical (unpaired) electrons. The number of methoxy groups -OCH3 is 1. The van der Waals surface area contributed by atoms with Crippen LogP contribution >= 0.6 is 0 Å². The Labute approximate surface area is 207 Å². The molecular formula is C27H36N2O6. The topological polar surface area (TPSA) is 103 Å². The number of carbonyl (C=O) groups is 3. The smallest absolute Gasteiger partial charge is 0.408 e. The minimum absolute atomic E-state index is 0.0822. The van der Waals surface area contributed by atoms with Crippen LogP contribution in [-0.4, -0.2) is 42.8 Å². The van der Waals surface area contributed by atoms with Crippen molar-refractivity contribution in [1.82, 2.24) is 10.6 Å². The first-order valence-electron chi connectivity index (χ1n) is 11.6. The van der Waals surface area contributed by atoms with Gasteiger partial charge in [0.1, 0.15) is 30.0 Å². The Morgan fingerprint density at radius 3 is 2.06 bits per heavy atom. The number of ether oxygens (including phenoxy) is 3. The molecule has 35 heavy (non-hydrogen) atoms. The third kappa shape index (κ3) is 9.68. The van der Waals surface area contributed by atoms with Crippen LogP contribution in [0.1, 0.15) is 45.7 Å². The highest BCUT2D eigenvalue weighted by Gasteiger charge is 2.30. The van der Waals surface area contributed by atoms with Crippen LogP contribution in [0.3, 0.4) is 0 Å². The highest BCUT2D eigenvalue weighted by Crippen LogP contribution is 2.19. The van der Waals surface area contributed by atoms with E-state index in [0.29, 0.717) is 5.75 Å². The molecule has 2 aromatic rings. The van der Waals surface area contributed by atoms with Crippen LogP contribution in [-0.2, 0) is 32.1 Å². The molecule has 0 aromatic heterocycles. The van der Waals surface area contributed by atoms with Gasteiger partial charge in [0.2, 0.25) is 5.91 Å². The van der Waals surface area contributed by atoms with Gasteiger partial charge in [0.15, 0.2) is 0 Å². The summed E-state index contributed by atoms with van der Waals surface area (Å²) in [6.07, 6.45) is -0.496. The summed E-state index contributed by atoms with van der Waals surface area (Å²) in [5.74, 6) is -0.619. The van der Waals surface area contributed by atoms with Crippen LogP contribution in [0.25, 0.3) is 0 Å². The maximum Gasteiger partial charge on any atom is 0.408 e. The lowest BCUT2D eigenvalue weighted by Crippen LogP contribution is -2.54. The molecule has 2 atom stereocenters. The van der Waals surface area contributed by atoms with Crippen molar-refractivity contribution in [2.45, 2.75) is 65.3 Å². The number of amides is 2. The highest BCUT2D eigenvalue weighted by molar-refractivity contribution is 5.90. The molecule has 0 saturated heterocycles. The van der Waals surface area contributed by atoms with E-state index in [0.717, 1.165) is 11.1 Å². The van der Waals surface area contributed by atoms with Crippen LogP contribution in [0, 0.1) is 5.92 Å². The third-order valence-electron chi connectivity index (χ3n) is 5.02. The summed E-state index contributed by atoms with van der Waals surface area (Å²) in [6, 6.07) is 14.7.